The number of rotatable bonds is 8. The molecule has 1 aliphatic heterocycles. The van der Waals surface area contributed by atoms with E-state index in [-0.39, 0.29) is 16.9 Å². The van der Waals surface area contributed by atoms with E-state index in [0.29, 0.717) is 17.7 Å². The highest BCUT2D eigenvalue weighted by molar-refractivity contribution is 6.19. The van der Waals surface area contributed by atoms with Crippen LogP contribution in [0.4, 0.5) is 0 Å². The van der Waals surface area contributed by atoms with Crippen molar-refractivity contribution in [3.8, 4) is 11.8 Å². The van der Waals surface area contributed by atoms with Gasteiger partial charge in [-0.3, -0.25) is 14.5 Å². The molecular formula is C33H38N4O2. The number of nitrogens with zero attached hydrogens (tertiary/aromatic N) is 4. The Balaban J connectivity index is 1.44. The van der Waals surface area contributed by atoms with Crippen molar-refractivity contribution < 1.29 is 9.59 Å². The molecule has 4 bridgehead atoms. The third-order valence-electron chi connectivity index (χ3n) is 9.66. The SMILES string of the molecule is CCCCCCN1C(=O)C(C#N)=C(C)/C(=C\c2cn(-c3ccccc3)nc2C23CC4CC(CC(C4)C2)C3)C1=O. The highest BCUT2D eigenvalue weighted by Crippen LogP contribution is 2.61. The molecule has 1 aromatic heterocycles. The maximum atomic E-state index is 13.8. The number of carbonyl (C=O) groups is 2. The van der Waals surface area contributed by atoms with E-state index >= 15 is 0 Å². The number of unbranched alkanes of at least 4 members (excludes halogenated alkanes) is 3. The summed E-state index contributed by atoms with van der Waals surface area (Å²) in [6.45, 7) is 4.22. The number of amides is 2. The second-order valence-corrected chi connectivity index (χ2v) is 12.4. The van der Waals surface area contributed by atoms with Crippen LogP contribution in [0.3, 0.4) is 0 Å². The molecule has 4 aliphatic carbocycles. The van der Waals surface area contributed by atoms with Crippen molar-refractivity contribution in [2.45, 2.75) is 83.5 Å². The Kier molecular flexibility index (Phi) is 6.79. The zero-order valence-electron chi connectivity index (χ0n) is 23.2. The van der Waals surface area contributed by atoms with Gasteiger partial charge in [-0.15, -0.1) is 0 Å². The Bertz CT molecular complexity index is 1360. The lowest BCUT2D eigenvalue weighted by atomic mass is 9.48. The quantitative estimate of drug-likeness (QED) is 0.225. The molecule has 0 spiro atoms. The maximum Gasteiger partial charge on any atom is 0.271 e. The van der Waals surface area contributed by atoms with Crippen molar-refractivity contribution in [2.75, 3.05) is 6.54 Å². The molecule has 2 heterocycles. The van der Waals surface area contributed by atoms with Gasteiger partial charge in [0, 0.05) is 29.3 Å². The zero-order chi connectivity index (χ0) is 27.1. The average Bonchev–Trinajstić information content (AvgIpc) is 3.36. The van der Waals surface area contributed by atoms with E-state index in [4.69, 9.17) is 5.10 Å². The van der Waals surface area contributed by atoms with Gasteiger partial charge in [-0.25, -0.2) is 4.68 Å². The maximum absolute atomic E-state index is 13.8. The summed E-state index contributed by atoms with van der Waals surface area (Å²) in [5.74, 6) is 1.53. The Hall–Kier alpha value is -3.46. The molecule has 0 unspecified atom stereocenters. The molecule has 202 valence electrons. The molecule has 0 atom stereocenters. The van der Waals surface area contributed by atoms with Gasteiger partial charge in [0.05, 0.1) is 11.4 Å². The number of hydrogen-bond donors (Lipinski definition) is 0. The van der Waals surface area contributed by atoms with E-state index in [2.05, 4.69) is 25.1 Å². The molecule has 2 aromatic rings. The van der Waals surface area contributed by atoms with Gasteiger partial charge in [0.25, 0.3) is 11.8 Å². The molecule has 4 saturated carbocycles. The van der Waals surface area contributed by atoms with E-state index in [1.54, 1.807) is 6.92 Å². The van der Waals surface area contributed by atoms with Gasteiger partial charge < -0.3 is 0 Å². The van der Waals surface area contributed by atoms with Gasteiger partial charge in [0.1, 0.15) is 11.6 Å². The lowest BCUT2D eigenvalue weighted by Crippen LogP contribution is -2.49. The number of hydrogen-bond acceptors (Lipinski definition) is 4. The fourth-order valence-electron chi connectivity index (χ4n) is 8.20. The highest BCUT2D eigenvalue weighted by Gasteiger charge is 2.53. The van der Waals surface area contributed by atoms with E-state index < -0.39 is 5.91 Å². The van der Waals surface area contributed by atoms with Crippen LogP contribution in [0.5, 0.6) is 0 Å². The second kappa shape index (κ2) is 10.3. The van der Waals surface area contributed by atoms with Gasteiger partial charge in [0.2, 0.25) is 0 Å². The van der Waals surface area contributed by atoms with Crippen molar-refractivity contribution >= 4 is 17.9 Å². The standard InChI is InChI=1S/C33H38N4O2/c1-3-4-5-9-12-36-31(38)28(22(2)29(20-34)32(36)39)16-26-21-37(27-10-7-6-8-11-27)35-30(26)33-17-23-13-24(18-33)15-25(14-23)19-33/h6-8,10-11,16,21,23-25H,3-5,9,12-15,17-19H2,1-2H3/b28-16+. The lowest BCUT2D eigenvalue weighted by Gasteiger charge is -2.56. The van der Waals surface area contributed by atoms with Gasteiger partial charge >= 0.3 is 0 Å². The molecular weight excluding hydrogens is 484 g/mol. The Morgan fingerprint density at radius 3 is 2.28 bits per heavy atom. The van der Waals surface area contributed by atoms with Gasteiger partial charge in [-0.1, -0.05) is 44.4 Å². The topological polar surface area (TPSA) is 79.0 Å². The Morgan fingerprint density at radius 2 is 1.67 bits per heavy atom. The minimum Gasteiger partial charge on any atom is -0.274 e. The smallest absolute Gasteiger partial charge is 0.271 e. The Morgan fingerprint density at radius 1 is 1.00 bits per heavy atom. The first-order valence-corrected chi connectivity index (χ1v) is 14.8. The van der Waals surface area contributed by atoms with E-state index in [9.17, 15) is 14.9 Å². The van der Waals surface area contributed by atoms with Crippen molar-refractivity contribution in [1.29, 1.82) is 5.26 Å². The number of para-hydroxylation sites is 1. The van der Waals surface area contributed by atoms with Crippen LogP contribution in [0.2, 0.25) is 0 Å². The summed E-state index contributed by atoms with van der Waals surface area (Å²) in [6.07, 6.45) is 15.3. The first kappa shape index (κ1) is 25.8. The monoisotopic (exact) mass is 522 g/mol. The molecule has 4 fully saturated rings. The summed E-state index contributed by atoms with van der Waals surface area (Å²) in [4.78, 5) is 28.2. The molecule has 39 heavy (non-hydrogen) atoms. The molecule has 6 heteroatoms. The first-order valence-electron chi connectivity index (χ1n) is 14.8. The van der Waals surface area contributed by atoms with Crippen molar-refractivity contribution in [2.24, 2.45) is 17.8 Å². The number of imide groups is 1. The van der Waals surface area contributed by atoms with Crippen LogP contribution in [0, 0.1) is 29.1 Å². The summed E-state index contributed by atoms with van der Waals surface area (Å²) in [5, 5.41) is 15.1. The predicted octanol–water partition coefficient (Wildman–Crippen LogP) is 6.51. The van der Waals surface area contributed by atoms with Crippen molar-refractivity contribution in [1.82, 2.24) is 14.7 Å². The highest BCUT2D eigenvalue weighted by atomic mass is 16.2. The van der Waals surface area contributed by atoms with E-state index in [0.717, 1.165) is 79.6 Å². The molecule has 0 saturated heterocycles. The van der Waals surface area contributed by atoms with Crippen molar-refractivity contribution in [3.63, 3.8) is 0 Å². The first-order chi connectivity index (χ1) is 18.9. The molecule has 7 rings (SSSR count). The Labute approximate surface area is 231 Å². The van der Waals surface area contributed by atoms with Crippen molar-refractivity contribution in [3.05, 3.63) is 64.5 Å². The van der Waals surface area contributed by atoms with Crippen LogP contribution in [-0.4, -0.2) is 33.0 Å². The number of carbonyl (C=O) groups excluding carboxylic acids is 2. The largest absolute Gasteiger partial charge is 0.274 e. The van der Waals surface area contributed by atoms with Crippen LogP contribution in [0.25, 0.3) is 11.8 Å². The minimum atomic E-state index is -0.463. The van der Waals surface area contributed by atoms with E-state index in [1.807, 2.05) is 35.2 Å². The van der Waals surface area contributed by atoms with Crippen LogP contribution < -0.4 is 0 Å². The molecule has 2 amide bonds. The lowest BCUT2D eigenvalue weighted by molar-refractivity contribution is -0.140. The summed E-state index contributed by atoms with van der Waals surface area (Å²) in [6, 6.07) is 12.2. The summed E-state index contributed by atoms with van der Waals surface area (Å²) >= 11 is 0. The molecule has 0 radical (unpaired) electrons. The minimum absolute atomic E-state index is 0.0320. The van der Waals surface area contributed by atoms with Gasteiger partial charge in [-0.2, -0.15) is 10.4 Å². The van der Waals surface area contributed by atoms with Crippen LogP contribution in [-0.2, 0) is 15.0 Å². The third-order valence-corrected chi connectivity index (χ3v) is 9.66. The van der Waals surface area contributed by atoms with Crippen LogP contribution in [0.15, 0.2) is 53.2 Å². The van der Waals surface area contributed by atoms with Crippen LogP contribution >= 0.6 is 0 Å². The van der Waals surface area contributed by atoms with Gasteiger partial charge in [-0.05, 0) is 93.4 Å². The summed E-state index contributed by atoms with van der Waals surface area (Å²) in [5.41, 5.74) is 4.04. The van der Waals surface area contributed by atoms with Crippen LogP contribution in [0.1, 0.15) is 89.3 Å². The molecule has 6 nitrogen and oxygen atoms in total. The average molecular weight is 523 g/mol. The van der Waals surface area contributed by atoms with E-state index in [1.165, 1.54) is 24.2 Å². The third kappa shape index (κ3) is 4.56. The fourth-order valence-corrected chi connectivity index (χ4v) is 8.20. The number of benzene rings is 1. The summed E-state index contributed by atoms with van der Waals surface area (Å²) in [7, 11) is 0. The second-order valence-electron chi connectivity index (χ2n) is 12.4. The fraction of sp³-hybridized carbons (Fsp3) is 0.515. The molecule has 5 aliphatic rings. The molecule has 0 N–H and O–H groups in total. The van der Waals surface area contributed by atoms with Gasteiger partial charge in [0.15, 0.2) is 0 Å². The normalized spacial score (nSPS) is 29.0. The number of aromatic nitrogens is 2. The number of nitriles is 1. The zero-order valence-corrected chi connectivity index (χ0v) is 23.2. The molecule has 1 aromatic carbocycles. The predicted molar refractivity (Wildman–Crippen MR) is 151 cm³/mol. The summed E-state index contributed by atoms with van der Waals surface area (Å²) < 4.78 is 1.95.